The number of hydrogen-bond acceptors (Lipinski definition) is 8. The van der Waals surface area contributed by atoms with Crippen LogP contribution in [0.5, 0.6) is 0 Å². The number of ether oxygens (including phenoxy) is 1. The van der Waals surface area contributed by atoms with Crippen molar-refractivity contribution in [1.29, 1.82) is 0 Å². The van der Waals surface area contributed by atoms with Crippen LogP contribution < -0.4 is 11.4 Å². The average Bonchev–Trinajstić information content (AvgIpc) is 2.69. The first-order valence-electron chi connectivity index (χ1n) is 5.61. The number of rotatable bonds is 3. The van der Waals surface area contributed by atoms with E-state index in [4.69, 9.17) is 16.0 Å². The smallest absolute Gasteiger partial charge is 0.351 e. The first kappa shape index (κ1) is 15.2. The molecule has 11 nitrogen and oxygen atoms in total. The van der Waals surface area contributed by atoms with Gasteiger partial charge in [0.1, 0.15) is 12.2 Å². The van der Waals surface area contributed by atoms with Crippen LogP contribution in [-0.4, -0.2) is 49.4 Å². The molecule has 0 radical (unpaired) electrons. The molecule has 1 aromatic rings. The molecule has 1 saturated heterocycles. The van der Waals surface area contributed by atoms with E-state index in [0.29, 0.717) is 10.8 Å². The summed E-state index contributed by atoms with van der Waals surface area (Å²) in [7, 11) is 0. The van der Waals surface area contributed by atoms with Gasteiger partial charge in [-0.2, -0.15) is 4.98 Å². The van der Waals surface area contributed by atoms with E-state index in [1.54, 1.807) is 0 Å². The fourth-order valence-corrected chi connectivity index (χ4v) is 1.95. The largest absolute Gasteiger partial charge is 0.393 e. The monoisotopic (exact) mass is 302 g/mol. The van der Waals surface area contributed by atoms with E-state index in [9.17, 15) is 24.5 Å². The van der Waals surface area contributed by atoms with Gasteiger partial charge in [0.25, 0.3) is 0 Å². The van der Waals surface area contributed by atoms with Crippen molar-refractivity contribution in [2.45, 2.75) is 24.2 Å². The van der Waals surface area contributed by atoms with Gasteiger partial charge in [0.2, 0.25) is 5.72 Å². The second-order valence-electron chi connectivity index (χ2n) is 4.30. The number of aliphatic hydroxyl groups is 3. The maximum Gasteiger partial charge on any atom is 0.351 e. The maximum atomic E-state index is 13.4. The zero-order chi connectivity index (χ0) is 15.8. The Labute approximate surface area is 115 Å². The highest BCUT2D eigenvalue weighted by molar-refractivity contribution is 5.26. The summed E-state index contributed by atoms with van der Waals surface area (Å²) in [6, 6.07) is 0. The Morgan fingerprint density at radius 2 is 2.33 bits per heavy atom. The number of nitrogen functional groups attached to an aromatic ring is 1. The van der Waals surface area contributed by atoms with Crippen molar-refractivity contribution in [3.63, 3.8) is 0 Å². The van der Waals surface area contributed by atoms with E-state index in [2.05, 4.69) is 15.0 Å². The van der Waals surface area contributed by atoms with Gasteiger partial charge in [-0.25, -0.2) is 9.18 Å². The van der Waals surface area contributed by atoms with Crippen LogP contribution in [0.3, 0.4) is 0 Å². The molecule has 1 aliphatic heterocycles. The predicted octanol–water partition coefficient (Wildman–Crippen LogP) is -1.79. The third kappa shape index (κ3) is 2.30. The van der Waals surface area contributed by atoms with Gasteiger partial charge >= 0.3 is 5.69 Å². The van der Waals surface area contributed by atoms with E-state index in [1.807, 2.05) is 0 Å². The summed E-state index contributed by atoms with van der Waals surface area (Å²) in [6.07, 6.45) is -4.61. The lowest BCUT2D eigenvalue weighted by Gasteiger charge is -2.23. The molecule has 5 N–H and O–H groups in total. The van der Waals surface area contributed by atoms with E-state index < -0.39 is 48.1 Å². The molecule has 0 aromatic carbocycles. The van der Waals surface area contributed by atoms with Crippen LogP contribution in [0.1, 0.15) is 6.23 Å². The topological polar surface area (TPSA) is 180 Å². The van der Waals surface area contributed by atoms with Crippen molar-refractivity contribution < 1.29 is 24.4 Å². The highest BCUT2D eigenvalue weighted by Gasteiger charge is 2.55. The number of aromatic nitrogens is 2. The van der Waals surface area contributed by atoms with Crippen molar-refractivity contribution in [3.05, 3.63) is 32.9 Å². The summed E-state index contributed by atoms with van der Waals surface area (Å²) in [5, 5.41) is 32.0. The van der Waals surface area contributed by atoms with Crippen molar-refractivity contribution in [2.24, 2.45) is 5.11 Å². The fraction of sp³-hybridized carbons (Fsp3) is 0.556. The summed E-state index contributed by atoms with van der Waals surface area (Å²) in [4.78, 5) is 17.2. The lowest BCUT2D eigenvalue weighted by Crippen LogP contribution is -2.44. The zero-order valence-corrected chi connectivity index (χ0v) is 10.4. The van der Waals surface area contributed by atoms with E-state index in [1.165, 1.54) is 0 Å². The molecule has 2 heterocycles. The Hall–Kier alpha value is -2.24. The first-order valence-corrected chi connectivity index (χ1v) is 5.61. The molecule has 4 atom stereocenters. The minimum atomic E-state index is -2.20. The number of azide groups is 1. The summed E-state index contributed by atoms with van der Waals surface area (Å²) in [5.74, 6) is -1.70. The molecule has 114 valence electrons. The van der Waals surface area contributed by atoms with Gasteiger partial charge in [0, 0.05) is 4.91 Å². The van der Waals surface area contributed by atoms with E-state index in [0.717, 1.165) is 0 Å². The molecule has 1 aliphatic rings. The van der Waals surface area contributed by atoms with Crippen LogP contribution in [0.15, 0.2) is 16.1 Å². The third-order valence-corrected chi connectivity index (χ3v) is 3.05. The Kier molecular flexibility index (Phi) is 3.80. The number of anilines is 1. The van der Waals surface area contributed by atoms with Crippen molar-refractivity contribution in [3.8, 4) is 0 Å². The molecule has 21 heavy (non-hydrogen) atoms. The molecule has 4 unspecified atom stereocenters. The Bertz CT molecular complexity index is 661. The van der Waals surface area contributed by atoms with E-state index >= 15 is 0 Å². The molecule has 0 spiro atoms. The second-order valence-corrected chi connectivity index (χ2v) is 4.30. The molecule has 0 amide bonds. The second kappa shape index (κ2) is 5.27. The normalized spacial score (nSPS) is 31.9. The standard InChI is InChI=1S/C9H11FN6O5/c10-3-1-16(8(20)13-6(3)11)7-4(18)5(19)9(2-17,21-7)14-15-12/h1,4-5,7,17-19H,2H2,(H2,11,13,20). The highest BCUT2D eigenvalue weighted by atomic mass is 19.1. The summed E-state index contributed by atoms with van der Waals surface area (Å²) in [5.41, 5.74) is 10.3. The molecular formula is C9H11FN6O5. The first-order chi connectivity index (χ1) is 9.86. The van der Waals surface area contributed by atoms with Gasteiger partial charge in [-0.1, -0.05) is 5.11 Å². The minimum absolute atomic E-state index is 0.532. The van der Waals surface area contributed by atoms with Crippen molar-refractivity contribution in [1.82, 2.24) is 9.55 Å². The fourth-order valence-electron chi connectivity index (χ4n) is 1.95. The van der Waals surface area contributed by atoms with Gasteiger partial charge in [-0.3, -0.25) is 4.57 Å². The quantitative estimate of drug-likeness (QED) is 0.289. The van der Waals surface area contributed by atoms with Gasteiger partial charge in [-0.05, 0) is 5.53 Å². The van der Waals surface area contributed by atoms with Gasteiger partial charge < -0.3 is 25.8 Å². The van der Waals surface area contributed by atoms with Gasteiger partial charge in [0.05, 0.1) is 12.8 Å². The molecular weight excluding hydrogens is 291 g/mol. The van der Waals surface area contributed by atoms with Crippen molar-refractivity contribution >= 4 is 5.82 Å². The summed E-state index contributed by atoms with van der Waals surface area (Å²) < 4.78 is 19.0. The average molecular weight is 302 g/mol. The Morgan fingerprint density at radius 1 is 1.67 bits per heavy atom. The maximum absolute atomic E-state index is 13.4. The number of nitrogens with two attached hydrogens (primary N) is 1. The summed E-state index contributed by atoms with van der Waals surface area (Å²) in [6.45, 7) is -0.967. The molecule has 0 bridgehead atoms. The van der Waals surface area contributed by atoms with Crippen LogP contribution >= 0.6 is 0 Å². The Morgan fingerprint density at radius 3 is 2.90 bits per heavy atom. The van der Waals surface area contributed by atoms with Crippen LogP contribution in [0, 0.1) is 5.82 Å². The number of halogens is 1. The molecule has 12 heteroatoms. The molecule has 0 aliphatic carbocycles. The lowest BCUT2D eigenvalue weighted by atomic mass is 10.1. The van der Waals surface area contributed by atoms with Gasteiger partial charge in [0.15, 0.2) is 17.9 Å². The van der Waals surface area contributed by atoms with Gasteiger partial charge in [-0.15, -0.1) is 0 Å². The highest BCUT2D eigenvalue weighted by Crippen LogP contribution is 2.37. The number of nitrogens with zero attached hydrogens (tertiary/aromatic N) is 5. The molecule has 1 aromatic heterocycles. The minimum Gasteiger partial charge on any atom is -0.393 e. The third-order valence-electron chi connectivity index (χ3n) is 3.05. The molecule has 2 rings (SSSR count). The van der Waals surface area contributed by atoms with Crippen LogP contribution in [0.4, 0.5) is 10.2 Å². The number of hydrogen-bond donors (Lipinski definition) is 4. The van der Waals surface area contributed by atoms with Crippen molar-refractivity contribution in [2.75, 3.05) is 12.3 Å². The Balaban J connectivity index is 2.50. The predicted molar refractivity (Wildman–Crippen MR) is 64.0 cm³/mol. The molecule has 0 saturated carbocycles. The van der Waals surface area contributed by atoms with Crippen LogP contribution in [0.2, 0.25) is 0 Å². The van der Waals surface area contributed by atoms with Crippen LogP contribution in [0.25, 0.3) is 10.4 Å². The van der Waals surface area contributed by atoms with E-state index in [-0.39, 0.29) is 0 Å². The number of aliphatic hydroxyl groups excluding tert-OH is 3. The van der Waals surface area contributed by atoms with Crippen LogP contribution in [-0.2, 0) is 4.74 Å². The zero-order valence-electron chi connectivity index (χ0n) is 10.4. The lowest BCUT2D eigenvalue weighted by molar-refractivity contribution is -0.125. The summed E-state index contributed by atoms with van der Waals surface area (Å²) >= 11 is 0. The SMILES string of the molecule is [N-]=[N+]=NC1(CO)OC(n2cc(F)c(N)nc2=O)C(O)C1O. The molecule has 1 fully saturated rings.